The summed E-state index contributed by atoms with van der Waals surface area (Å²) in [6.07, 6.45) is 6.09. The van der Waals surface area contributed by atoms with Crippen LogP contribution in [-0.2, 0) is 11.2 Å². The van der Waals surface area contributed by atoms with Gasteiger partial charge in [-0.25, -0.2) is 9.97 Å². The third-order valence-corrected chi connectivity index (χ3v) is 7.82. The van der Waals surface area contributed by atoms with Gasteiger partial charge in [-0.2, -0.15) is 0 Å². The summed E-state index contributed by atoms with van der Waals surface area (Å²) >= 11 is 2.94. The Hall–Kier alpha value is -2.58. The van der Waals surface area contributed by atoms with E-state index in [4.69, 9.17) is 0 Å². The number of carbonyl (C=O) groups excluding carboxylic acids is 2. The van der Waals surface area contributed by atoms with Gasteiger partial charge in [0.1, 0.15) is 4.88 Å². The van der Waals surface area contributed by atoms with Crippen molar-refractivity contribution >= 4 is 45.3 Å². The van der Waals surface area contributed by atoms with Gasteiger partial charge in [-0.05, 0) is 43.9 Å². The van der Waals surface area contributed by atoms with E-state index in [1.807, 2.05) is 24.4 Å². The van der Waals surface area contributed by atoms with Gasteiger partial charge in [-0.3, -0.25) is 14.9 Å². The van der Waals surface area contributed by atoms with Gasteiger partial charge in [0, 0.05) is 29.0 Å². The SMILES string of the molecule is Cc1nc(C2CCCC2)sc1C(=O)Nc1nc(-c2ccc3c(c2)CCC(=O)N3)cs1. The molecule has 8 heteroatoms. The topological polar surface area (TPSA) is 84.0 Å². The Kier molecular flexibility index (Phi) is 5.12. The second-order valence-corrected chi connectivity index (χ2v) is 9.75. The minimum absolute atomic E-state index is 0.0587. The van der Waals surface area contributed by atoms with E-state index < -0.39 is 0 Å². The molecule has 0 bridgehead atoms. The van der Waals surface area contributed by atoms with Crippen molar-refractivity contribution in [2.45, 2.75) is 51.4 Å². The van der Waals surface area contributed by atoms with Gasteiger partial charge < -0.3 is 5.32 Å². The number of thiazole rings is 2. The molecule has 0 atom stereocenters. The lowest BCUT2D eigenvalue weighted by Gasteiger charge is -2.17. The number of aryl methyl sites for hydroxylation is 2. The highest BCUT2D eigenvalue weighted by Crippen LogP contribution is 2.37. The van der Waals surface area contributed by atoms with E-state index in [2.05, 4.69) is 26.7 Å². The van der Waals surface area contributed by atoms with Crippen LogP contribution in [0, 0.1) is 6.92 Å². The number of benzene rings is 1. The number of rotatable bonds is 4. The average molecular weight is 439 g/mol. The average Bonchev–Trinajstić information content (AvgIpc) is 3.48. The Bertz CT molecular complexity index is 1130. The Morgan fingerprint density at radius 1 is 1.20 bits per heavy atom. The number of hydrogen-bond donors (Lipinski definition) is 2. The summed E-state index contributed by atoms with van der Waals surface area (Å²) in [6.45, 7) is 1.91. The lowest BCUT2D eigenvalue weighted by atomic mass is 9.99. The van der Waals surface area contributed by atoms with Gasteiger partial charge in [0.2, 0.25) is 5.91 Å². The third-order valence-electron chi connectivity index (χ3n) is 5.74. The molecule has 1 saturated carbocycles. The van der Waals surface area contributed by atoms with E-state index in [0.29, 0.717) is 22.3 Å². The second kappa shape index (κ2) is 7.92. The van der Waals surface area contributed by atoms with E-state index in [-0.39, 0.29) is 11.8 Å². The molecule has 2 N–H and O–H groups in total. The number of anilines is 2. The van der Waals surface area contributed by atoms with Crippen LogP contribution in [0.4, 0.5) is 10.8 Å². The van der Waals surface area contributed by atoms with Crippen LogP contribution in [-0.4, -0.2) is 21.8 Å². The van der Waals surface area contributed by atoms with Crippen molar-refractivity contribution in [1.82, 2.24) is 9.97 Å². The van der Waals surface area contributed by atoms with Gasteiger partial charge in [-0.15, -0.1) is 22.7 Å². The van der Waals surface area contributed by atoms with Crippen LogP contribution in [0.25, 0.3) is 11.3 Å². The Morgan fingerprint density at radius 3 is 2.87 bits per heavy atom. The quantitative estimate of drug-likeness (QED) is 0.574. The first-order chi connectivity index (χ1) is 14.6. The molecule has 1 aliphatic heterocycles. The Balaban J connectivity index is 1.31. The first kappa shape index (κ1) is 19.4. The molecule has 0 unspecified atom stereocenters. The minimum Gasteiger partial charge on any atom is -0.326 e. The molecule has 2 amide bonds. The monoisotopic (exact) mass is 438 g/mol. The number of aromatic nitrogens is 2. The van der Waals surface area contributed by atoms with Crippen LogP contribution >= 0.6 is 22.7 Å². The van der Waals surface area contributed by atoms with E-state index in [0.717, 1.165) is 39.6 Å². The summed E-state index contributed by atoms with van der Waals surface area (Å²) in [6, 6.07) is 5.94. The molecule has 0 spiro atoms. The number of fused-ring (bicyclic) bond motifs is 1. The van der Waals surface area contributed by atoms with Crippen LogP contribution in [0.1, 0.15) is 64.0 Å². The molecule has 6 nitrogen and oxygen atoms in total. The van der Waals surface area contributed by atoms with Gasteiger partial charge >= 0.3 is 0 Å². The van der Waals surface area contributed by atoms with Crippen LogP contribution in [0.2, 0.25) is 0 Å². The summed E-state index contributed by atoms with van der Waals surface area (Å²) < 4.78 is 0. The standard InChI is InChI=1S/C22H22N4O2S2/c1-12-19(30-21(23-12)13-4-2-3-5-13)20(28)26-22-25-17(11-29-22)15-6-8-16-14(10-15)7-9-18(27)24-16/h6,8,10-11,13H,2-5,7,9H2,1H3,(H,24,27)(H,25,26,28). The Labute approximate surface area is 182 Å². The molecule has 3 aromatic rings. The fraction of sp³-hybridized carbons (Fsp3) is 0.364. The molecule has 30 heavy (non-hydrogen) atoms. The third kappa shape index (κ3) is 3.77. The zero-order valence-corrected chi connectivity index (χ0v) is 18.3. The number of hydrogen-bond acceptors (Lipinski definition) is 6. The first-order valence-corrected chi connectivity index (χ1v) is 11.9. The van der Waals surface area contributed by atoms with Crippen molar-refractivity contribution in [3.05, 3.63) is 44.7 Å². The second-order valence-electron chi connectivity index (χ2n) is 7.86. The number of carbonyl (C=O) groups is 2. The molecular formula is C22H22N4O2S2. The van der Waals surface area contributed by atoms with Crippen molar-refractivity contribution in [3.63, 3.8) is 0 Å². The molecule has 3 heterocycles. The fourth-order valence-corrected chi connectivity index (χ4v) is 5.98. The highest BCUT2D eigenvalue weighted by Gasteiger charge is 2.24. The van der Waals surface area contributed by atoms with Crippen LogP contribution < -0.4 is 10.6 Å². The smallest absolute Gasteiger partial charge is 0.269 e. The van der Waals surface area contributed by atoms with Crippen molar-refractivity contribution in [1.29, 1.82) is 0 Å². The van der Waals surface area contributed by atoms with Gasteiger partial charge in [0.05, 0.1) is 16.4 Å². The summed E-state index contributed by atoms with van der Waals surface area (Å²) in [5.41, 5.74) is 4.60. The normalized spacial score (nSPS) is 16.4. The van der Waals surface area contributed by atoms with Crippen molar-refractivity contribution in [2.75, 3.05) is 10.6 Å². The molecular weight excluding hydrogens is 416 g/mol. The highest BCUT2D eigenvalue weighted by molar-refractivity contribution is 7.15. The molecule has 0 radical (unpaired) electrons. The maximum atomic E-state index is 12.8. The number of nitrogens with one attached hydrogen (secondary N) is 2. The lowest BCUT2D eigenvalue weighted by molar-refractivity contribution is -0.116. The van der Waals surface area contributed by atoms with E-state index in [1.54, 1.807) is 0 Å². The number of amides is 2. The fourth-order valence-electron chi connectivity index (χ4n) is 4.14. The predicted octanol–water partition coefficient (Wildman–Crippen LogP) is 5.37. The molecule has 1 aliphatic carbocycles. The molecule has 2 aliphatic rings. The minimum atomic E-state index is -0.136. The van der Waals surface area contributed by atoms with E-state index in [9.17, 15) is 9.59 Å². The number of nitrogens with zero attached hydrogens (tertiary/aromatic N) is 2. The van der Waals surface area contributed by atoms with Gasteiger partial charge in [-0.1, -0.05) is 18.9 Å². The van der Waals surface area contributed by atoms with E-state index >= 15 is 0 Å². The Morgan fingerprint density at radius 2 is 2.03 bits per heavy atom. The van der Waals surface area contributed by atoms with Gasteiger partial charge in [0.15, 0.2) is 5.13 Å². The largest absolute Gasteiger partial charge is 0.326 e. The molecule has 1 fully saturated rings. The molecule has 154 valence electrons. The van der Waals surface area contributed by atoms with E-state index in [1.165, 1.54) is 48.4 Å². The summed E-state index contributed by atoms with van der Waals surface area (Å²) in [5.74, 6) is 0.433. The maximum absolute atomic E-state index is 12.8. The predicted molar refractivity (Wildman–Crippen MR) is 121 cm³/mol. The maximum Gasteiger partial charge on any atom is 0.269 e. The molecule has 2 aromatic heterocycles. The zero-order valence-electron chi connectivity index (χ0n) is 16.7. The first-order valence-electron chi connectivity index (χ1n) is 10.2. The van der Waals surface area contributed by atoms with Crippen molar-refractivity contribution in [3.8, 4) is 11.3 Å². The van der Waals surface area contributed by atoms with Crippen molar-refractivity contribution in [2.24, 2.45) is 0 Å². The van der Waals surface area contributed by atoms with Crippen LogP contribution in [0.5, 0.6) is 0 Å². The molecule has 1 aromatic carbocycles. The summed E-state index contributed by atoms with van der Waals surface area (Å²) in [7, 11) is 0. The van der Waals surface area contributed by atoms with Crippen LogP contribution in [0.15, 0.2) is 23.6 Å². The van der Waals surface area contributed by atoms with Crippen molar-refractivity contribution < 1.29 is 9.59 Å². The highest BCUT2D eigenvalue weighted by atomic mass is 32.1. The van der Waals surface area contributed by atoms with Crippen LogP contribution in [0.3, 0.4) is 0 Å². The summed E-state index contributed by atoms with van der Waals surface area (Å²) in [4.78, 5) is 34.3. The zero-order chi connectivity index (χ0) is 20.7. The lowest BCUT2D eigenvalue weighted by Crippen LogP contribution is -2.18. The van der Waals surface area contributed by atoms with Gasteiger partial charge in [0.25, 0.3) is 5.91 Å². The molecule has 0 saturated heterocycles. The summed E-state index contributed by atoms with van der Waals surface area (Å²) in [5, 5.41) is 9.46. The molecule has 5 rings (SSSR count).